The Kier molecular flexibility index (Phi) is 4.23. The first-order valence-electron chi connectivity index (χ1n) is 5.68. The van der Waals surface area contributed by atoms with E-state index in [9.17, 15) is 13.2 Å². The number of anilines is 2. The van der Waals surface area contributed by atoms with Gasteiger partial charge in [0.05, 0.1) is 18.4 Å². The quantitative estimate of drug-likeness (QED) is 0.823. The summed E-state index contributed by atoms with van der Waals surface area (Å²) in [5.74, 6) is 0.547. The predicted molar refractivity (Wildman–Crippen MR) is 75.4 cm³/mol. The van der Waals surface area contributed by atoms with Gasteiger partial charge in [-0.05, 0) is 36.4 Å². The molecule has 1 N–H and O–H groups in total. The lowest BCUT2D eigenvalue weighted by Gasteiger charge is -2.13. The molecule has 0 aliphatic heterocycles. The molecular formula is C14H11BrF3NO. The first kappa shape index (κ1) is 14.7. The third-order valence-electron chi connectivity index (χ3n) is 2.63. The molecule has 0 unspecified atom stereocenters. The summed E-state index contributed by atoms with van der Waals surface area (Å²) in [6.45, 7) is 0. The Hall–Kier alpha value is -1.69. The topological polar surface area (TPSA) is 21.3 Å². The molecule has 0 radical (unpaired) electrons. The molecule has 0 saturated heterocycles. The zero-order chi connectivity index (χ0) is 14.8. The van der Waals surface area contributed by atoms with E-state index in [1.807, 2.05) is 0 Å². The molecule has 0 aromatic heterocycles. The summed E-state index contributed by atoms with van der Waals surface area (Å²) in [5.41, 5.74) is 0.230. The molecule has 0 fully saturated rings. The van der Waals surface area contributed by atoms with Crippen molar-refractivity contribution in [1.29, 1.82) is 0 Å². The van der Waals surface area contributed by atoms with Crippen molar-refractivity contribution in [3.8, 4) is 5.75 Å². The fourth-order valence-corrected chi connectivity index (χ4v) is 2.07. The number of nitrogens with one attached hydrogen (secondary N) is 1. The van der Waals surface area contributed by atoms with E-state index < -0.39 is 11.7 Å². The normalized spacial score (nSPS) is 11.2. The van der Waals surface area contributed by atoms with Gasteiger partial charge in [0.2, 0.25) is 0 Å². The molecule has 2 rings (SSSR count). The molecule has 106 valence electrons. The number of rotatable bonds is 3. The van der Waals surface area contributed by atoms with E-state index in [-0.39, 0.29) is 0 Å². The smallest absolute Gasteiger partial charge is 0.416 e. The fraction of sp³-hybridized carbons (Fsp3) is 0.143. The summed E-state index contributed by atoms with van der Waals surface area (Å²) < 4.78 is 43.9. The highest BCUT2D eigenvalue weighted by Crippen LogP contribution is 2.34. The lowest BCUT2D eigenvalue weighted by Crippen LogP contribution is -2.05. The summed E-state index contributed by atoms with van der Waals surface area (Å²) in [5, 5.41) is 2.92. The van der Waals surface area contributed by atoms with Gasteiger partial charge in [-0.15, -0.1) is 0 Å². The van der Waals surface area contributed by atoms with Crippen LogP contribution in [0, 0.1) is 0 Å². The molecule has 0 heterocycles. The Labute approximate surface area is 122 Å². The Morgan fingerprint density at radius 3 is 2.50 bits per heavy atom. The predicted octanol–water partition coefficient (Wildman–Crippen LogP) is 5.22. The number of hydrogen-bond acceptors (Lipinski definition) is 2. The van der Waals surface area contributed by atoms with Crippen molar-refractivity contribution in [3.63, 3.8) is 0 Å². The number of halogens is 4. The average molecular weight is 346 g/mol. The van der Waals surface area contributed by atoms with Gasteiger partial charge in [-0.3, -0.25) is 0 Å². The van der Waals surface area contributed by atoms with E-state index in [0.717, 1.165) is 16.6 Å². The van der Waals surface area contributed by atoms with Crippen LogP contribution in [0.5, 0.6) is 5.75 Å². The third-order valence-corrected chi connectivity index (χ3v) is 3.12. The first-order valence-corrected chi connectivity index (χ1v) is 6.47. The standard InChI is InChI=1S/C14H11BrF3NO/c1-20-13-6-5-10(15)8-12(13)19-11-4-2-3-9(7-11)14(16,17)18/h2-8,19H,1H3. The van der Waals surface area contributed by atoms with Gasteiger partial charge >= 0.3 is 6.18 Å². The zero-order valence-electron chi connectivity index (χ0n) is 10.5. The Morgan fingerprint density at radius 1 is 1.10 bits per heavy atom. The van der Waals surface area contributed by atoms with E-state index in [2.05, 4.69) is 21.2 Å². The summed E-state index contributed by atoms with van der Waals surface area (Å²) in [4.78, 5) is 0. The molecule has 20 heavy (non-hydrogen) atoms. The molecule has 0 saturated carbocycles. The van der Waals surface area contributed by atoms with Crippen molar-refractivity contribution in [2.75, 3.05) is 12.4 Å². The largest absolute Gasteiger partial charge is 0.495 e. The summed E-state index contributed by atoms with van der Waals surface area (Å²) in [6, 6.07) is 10.3. The van der Waals surface area contributed by atoms with Crippen LogP contribution in [0.1, 0.15) is 5.56 Å². The molecule has 0 amide bonds. The number of ether oxygens (including phenoxy) is 1. The van der Waals surface area contributed by atoms with Gasteiger partial charge < -0.3 is 10.1 Å². The van der Waals surface area contributed by atoms with Gasteiger partial charge in [0.1, 0.15) is 5.75 Å². The van der Waals surface area contributed by atoms with Crippen LogP contribution in [0.15, 0.2) is 46.9 Å². The molecule has 6 heteroatoms. The highest BCUT2D eigenvalue weighted by molar-refractivity contribution is 9.10. The summed E-state index contributed by atoms with van der Waals surface area (Å²) >= 11 is 3.31. The van der Waals surface area contributed by atoms with Gasteiger partial charge in [0.15, 0.2) is 0 Å². The number of methoxy groups -OCH3 is 1. The van der Waals surface area contributed by atoms with E-state index >= 15 is 0 Å². The van der Waals surface area contributed by atoms with Crippen LogP contribution in [-0.2, 0) is 6.18 Å². The average Bonchev–Trinajstić information content (AvgIpc) is 2.38. The van der Waals surface area contributed by atoms with Crippen LogP contribution in [0.25, 0.3) is 0 Å². The van der Waals surface area contributed by atoms with Gasteiger partial charge in [-0.2, -0.15) is 13.2 Å². The Balaban J connectivity index is 2.33. The van der Waals surface area contributed by atoms with Crippen molar-refractivity contribution < 1.29 is 17.9 Å². The maximum atomic E-state index is 12.7. The number of alkyl halides is 3. The SMILES string of the molecule is COc1ccc(Br)cc1Nc1cccc(C(F)(F)F)c1. The maximum Gasteiger partial charge on any atom is 0.416 e. The van der Waals surface area contributed by atoms with Crippen molar-refractivity contribution >= 4 is 27.3 Å². The Bertz CT molecular complexity index is 614. The molecule has 2 aromatic rings. The van der Waals surface area contributed by atoms with Crippen LogP contribution < -0.4 is 10.1 Å². The summed E-state index contributed by atoms with van der Waals surface area (Å²) in [7, 11) is 1.50. The second-order valence-electron chi connectivity index (χ2n) is 4.05. The van der Waals surface area contributed by atoms with Crippen LogP contribution in [0.4, 0.5) is 24.5 Å². The fourth-order valence-electron chi connectivity index (χ4n) is 1.71. The summed E-state index contributed by atoms with van der Waals surface area (Å²) in [6.07, 6.45) is -4.36. The molecule has 0 bridgehead atoms. The van der Waals surface area contributed by atoms with Crippen LogP contribution in [-0.4, -0.2) is 7.11 Å². The molecule has 0 spiro atoms. The highest BCUT2D eigenvalue weighted by Gasteiger charge is 2.30. The van der Waals surface area contributed by atoms with E-state index in [1.54, 1.807) is 24.3 Å². The van der Waals surface area contributed by atoms with Crippen LogP contribution in [0.3, 0.4) is 0 Å². The monoisotopic (exact) mass is 345 g/mol. The van der Waals surface area contributed by atoms with E-state index in [1.165, 1.54) is 13.2 Å². The molecule has 0 aliphatic rings. The molecular weight excluding hydrogens is 335 g/mol. The van der Waals surface area contributed by atoms with Crippen molar-refractivity contribution in [3.05, 3.63) is 52.5 Å². The first-order chi connectivity index (χ1) is 9.40. The molecule has 2 nitrogen and oxygen atoms in total. The second kappa shape index (κ2) is 5.75. The highest BCUT2D eigenvalue weighted by atomic mass is 79.9. The minimum absolute atomic E-state index is 0.344. The van der Waals surface area contributed by atoms with Gasteiger partial charge in [-0.25, -0.2) is 0 Å². The van der Waals surface area contributed by atoms with Gasteiger partial charge in [-0.1, -0.05) is 22.0 Å². The molecule has 2 aromatic carbocycles. The van der Waals surface area contributed by atoms with Crippen molar-refractivity contribution in [2.45, 2.75) is 6.18 Å². The van der Waals surface area contributed by atoms with Crippen LogP contribution in [0.2, 0.25) is 0 Å². The van der Waals surface area contributed by atoms with E-state index in [4.69, 9.17) is 4.74 Å². The van der Waals surface area contributed by atoms with Gasteiger partial charge in [0, 0.05) is 10.2 Å². The van der Waals surface area contributed by atoms with Gasteiger partial charge in [0.25, 0.3) is 0 Å². The zero-order valence-corrected chi connectivity index (χ0v) is 12.0. The molecule has 0 aliphatic carbocycles. The van der Waals surface area contributed by atoms with Crippen molar-refractivity contribution in [2.24, 2.45) is 0 Å². The third kappa shape index (κ3) is 3.45. The van der Waals surface area contributed by atoms with Crippen LogP contribution >= 0.6 is 15.9 Å². The maximum absolute atomic E-state index is 12.7. The number of benzene rings is 2. The van der Waals surface area contributed by atoms with E-state index in [0.29, 0.717) is 17.1 Å². The van der Waals surface area contributed by atoms with Crippen molar-refractivity contribution in [1.82, 2.24) is 0 Å². The lowest BCUT2D eigenvalue weighted by molar-refractivity contribution is -0.137. The lowest BCUT2D eigenvalue weighted by atomic mass is 10.2. The minimum atomic E-state index is -4.36. The number of hydrogen-bond donors (Lipinski definition) is 1. The molecule has 0 atom stereocenters. The second-order valence-corrected chi connectivity index (χ2v) is 4.96. The Morgan fingerprint density at radius 2 is 1.85 bits per heavy atom. The minimum Gasteiger partial charge on any atom is -0.495 e.